The predicted molar refractivity (Wildman–Crippen MR) is 78.4 cm³/mol. The number of nitrogens with one attached hydrogen (secondary N) is 1. The number of rotatable bonds is 4. The number of thiophene rings is 1. The van der Waals surface area contributed by atoms with Gasteiger partial charge >= 0.3 is 0 Å². The molecule has 0 saturated heterocycles. The Morgan fingerprint density at radius 3 is 2.53 bits per heavy atom. The maximum Gasteiger partial charge on any atom is 0.261 e. The zero-order valence-corrected chi connectivity index (χ0v) is 11.8. The summed E-state index contributed by atoms with van der Waals surface area (Å²) < 4.78 is 0. The Morgan fingerprint density at radius 1 is 1.21 bits per heavy atom. The van der Waals surface area contributed by atoms with Crippen molar-refractivity contribution < 1.29 is 9.90 Å². The van der Waals surface area contributed by atoms with Gasteiger partial charge in [0.25, 0.3) is 5.91 Å². The molecule has 0 aliphatic rings. The number of benzene rings is 1. The fraction of sp³-hybridized carbons (Fsp3) is 0.267. The maximum absolute atomic E-state index is 11.9. The fourth-order valence-corrected chi connectivity index (χ4v) is 2.53. The Morgan fingerprint density at radius 2 is 1.89 bits per heavy atom. The summed E-state index contributed by atoms with van der Waals surface area (Å²) >= 11 is 1.45. The van der Waals surface area contributed by atoms with Gasteiger partial charge in [0, 0.05) is 11.4 Å². The molecule has 19 heavy (non-hydrogen) atoms. The van der Waals surface area contributed by atoms with Crippen molar-refractivity contribution in [2.45, 2.75) is 19.4 Å². The van der Waals surface area contributed by atoms with Gasteiger partial charge in [0.2, 0.25) is 0 Å². The zero-order valence-electron chi connectivity index (χ0n) is 11.0. The van der Waals surface area contributed by atoms with Crippen LogP contribution in [0.5, 0.6) is 0 Å². The third-order valence-electron chi connectivity index (χ3n) is 2.57. The van der Waals surface area contributed by atoms with Crippen molar-refractivity contribution >= 4 is 17.2 Å². The Labute approximate surface area is 116 Å². The summed E-state index contributed by atoms with van der Waals surface area (Å²) in [5.74, 6) is -0.144. The van der Waals surface area contributed by atoms with Crippen molar-refractivity contribution in [3.8, 4) is 10.4 Å². The van der Waals surface area contributed by atoms with Crippen molar-refractivity contribution in [2.75, 3.05) is 6.54 Å². The highest BCUT2D eigenvalue weighted by Crippen LogP contribution is 2.27. The first kappa shape index (κ1) is 13.8. The van der Waals surface area contributed by atoms with E-state index >= 15 is 0 Å². The van der Waals surface area contributed by atoms with E-state index < -0.39 is 5.60 Å². The van der Waals surface area contributed by atoms with E-state index in [0.717, 1.165) is 10.4 Å². The summed E-state index contributed by atoms with van der Waals surface area (Å²) in [5.41, 5.74) is 0.212. The Kier molecular flexibility index (Phi) is 4.02. The lowest BCUT2D eigenvalue weighted by Gasteiger charge is -2.17. The summed E-state index contributed by atoms with van der Waals surface area (Å²) in [4.78, 5) is 13.6. The van der Waals surface area contributed by atoms with Gasteiger partial charge in [-0.2, -0.15) is 0 Å². The average molecular weight is 275 g/mol. The quantitative estimate of drug-likeness (QED) is 0.901. The van der Waals surface area contributed by atoms with Crippen molar-refractivity contribution in [3.63, 3.8) is 0 Å². The lowest BCUT2D eigenvalue weighted by molar-refractivity contribution is 0.0696. The molecule has 2 rings (SSSR count). The molecule has 0 bridgehead atoms. The third-order valence-corrected chi connectivity index (χ3v) is 3.70. The van der Waals surface area contributed by atoms with Crippen LogP contribution in [0.3, 0.4) is 0 Å². The van der Waals surface area contributed by atoms with E-state index in [1.807, 2.05) is 42.5 Å². The second kappa shape index (κ2) is 5.55. The molecule has 2 N–H and O–H groups in total. The molecular formula is C15H17NO2S. The average Bonchev–Trinajstić information content (AvgIpc) is 2.86. The SMILES string of the molecule is CC(C)(O)CNC(=O)c1ccc(-c2ccccc2)s1. The summed E-state index contributed by atoms with van der Waals surface area (Å²) in [6.07, 6.45) is 0. The topological polar surface area (TPSA) is 49.3 Å². The van der Waals surface area contributed by atoms with Crippen LogP contribution in [0, 0.1) is 0 Å². The molecule has 1 aromatic heterocycles. The first-order valence-corrected chi connectivity index (χ1v) is 6.93. The standard InChI is InChI=1S/C15H17NO2S/c1-15(2,18)10-16-14(17)13-9-8-12(19-13)11-6-4-3-5-7-11/h3-9,18H,10H2,1-2H3,(H,16,17). The van der Waals surface area contributed by atoms with Crippen LogP contribution in [0.15, 0.2) is 42.5 Å². The van der Waals surface area contributed by atoms with Crippen LogP contribution in [0.4, 0.5) is 0 Å². The molecule has 0 aliphatic heterocycles. The van der Waals surface area contributed by atoms with E-state index in [0.29, 0.717) is 4.88 Å². The lowest BCUT2D eigenvalue weighted by atomic mass is 10.1. The van der Waals surface area contributed by atoms with E-state index in [9.17, 15) is 9.90 Å². The van der Waals surface area contributed by atoms with Crippen molar-refractivity contribution in [3.05, 3.63) is 47.3 Å². The van der Waals surface area contributed by atoms with Crippen LogP contribution in [0.1, 0.15) is 23.5 Å². The number of amides is 1. The molecule has 1 amide bonds. The molecule has 0 saturated carbocycles. The summed E-state index contributed by atoms with van der Waals surface area (Å²) in [7, 11) is 0. The lowest BCUT2D eigenvalue weighted by Crippen LogP contribution is -2.37. The molecule has 100 valence electrons. The van der Waals surface area contributed by atoms with Crippen LogP contribution >= 0.6 is 11.3 Å². The van der Waals surface area contributed by atoms with Crippen LogP contribution < -0.4 is 5.32 Å². The van der Waals surface area contributed by atoms with Gasteiger partial charge in [0.15, 0.2) is 0 Å². The van der Waals surface area contributed by atoms with E-state index in [4.69, 9.17) is 0 Å². The summed E-state index contributed by atoms with van der Waals surface area (Å²) in [5, 5.41) is 12.3. The second-order valence-electron chi connectivity index (χ2n) is 5.03. The van der Waals surface area contributed by atoms with Gasteiger partial charge in [0.05, 0.1) is 10.5 Å². The van der Waals surface area contributed by atoms with Crippen molar-refractivity contribution in [1.82, 2.24) is 5.32 Å². The highest BCUT2D eigenvalue weighted by atomic mass is 32.1. The molecule has 0 spiro atoms. The first-order chi connectivity index (χ1) is 8.96. The third kappa shape index (κ3) is 3.91. The highest BCUT2D eigenvalue weighted by Gasteiger charge is 2.16. The van der Waals surface area contributed by atoms with E-state index in [-0.39, 0.29) is 12.5 Å². The monoisotopic (exact) mass is 275 g/mol. The number of carbonyl (C=O) groups excluding carboxylic acids is 1. The van der Waals surface area contributed by atoms with Gasteiger partial charge in [-0.3, -0.25) is 4.79 Å². The van der Waals surface area contributed by atoms with Gasteiger partial charge in [-0.1, -0.05) is 30.3 Å². The predicted octanol–water partition coefficient (Wildman–Crippen LogP) is 2.92. The number of carbonyl (C=O) groups is 1. The minimum absolute atomic E-state index is 0.144. The Bertz CT molecular complexity index is 555. The zero-order chi connectivity index (χ0) is 13.9. The van der Waals surface area contributed by atoms with Crippen molar-refractivity contribution in [2.24, 2.45) is 0 Å². The minimum Gasteiger partial charge on any atom is -0.389 e. The van der Waals surface area contributed by atoms with Gasteiger partial charge < -0.3 is 10.4 Å². The fourth-order valence-electron chi connectivity index (χ4n) is 1.60. The molecule has 1 aromatic carbocycles. The van der Waals surface area contributed by atoms with Crippen molar-refractivity contribution in [1.29, 1.82) is 0 Å². The van der Waals surface area contributed by atoms with E-state index in [1.165, 1.54) is 11.3 Å². The van der Waals surface area contributed by atoms with Gasteiger partial charge in [-0.05, 0) is 31.5 Å². The minimum atomic E-state index is -0.894. The van der Waals surface area contributed by atoms with Crippen LogP contribution in [-0.2, 0) is 0 Å². The molecule has 2 aromatic rings. The number of hydrogen-bond donors (Lipinski definition) is 2. The van der Waals surface area contributed by atoms with E-state index in [2.05, 4.69) is 5.32 Å². The van der Waals surface area contributed by atoms with Gasteiger partial charge in [-0.15, -0.1) is 11.3 Å². The largest absolute Gasteiger partial charge is 0.389 e. The molecule has 0 fully saturated rings. The highest BCUT2D eigenvalue weighted by molar-refractivity contribution is 7.17. The maximum atomic E-state index is 11.9. The Hall–Kier alpha value is -1.65. The van der Waals surface area contributed by atoms with E-state index in [1.54, 1.807) is 13.8 Å². The van der Waals surface area contributed by atoms with Gasteiger partial charge in [0.1, 0.15) is 0 Å². The Balaban J connectivity index is 2.07. The molecule has 0 atom stereocenters. The summed E-state index contributed by atoms with van der Waals surface area (Å²) in [6, 6.07) is 13.7. The van der Waals surface area contributed by atoms with Crippen LogP contribution in [-0.4, -0.2) is 23.2 Å². The van der Waals surface area contributed by atoms with Crippen LogP contribution in [0.2, 0.25) is 0 Å². The molecule has 1 heterocycles. The number of hydrogen-bond acceptors (Lipinski definition) is 3. The first-order valence-electron chi connectivity index (χ1n) is 6.11. The smallest absolute Gasteiger partial charge is 0.261 e. The molecule has 0 radical (unpaired) electrons. The summed E-state index contributed by atoms with van der Waals surface area (Å²) in [6.45, 7) is 3.57. The molecule has 3 nitrogen and oxygen atoms in total. The molecular weight excluding hydrogens is 258 g/mol. The molecule has 0 unspecified atom stereocenters. The van der Waals surface area contributed by atoms with Crippen LogP contribution in [0.25, 0.3) is 10.4 Å². The normalized spacial score (nSPS) is 11.3. The molecule has 4 heteroatoms. The van der Waals surface area contributed by atoms with Gasteiger partial charge in [-0.25, -0.2) is 0 Å². The number of aliphatic hydroxyl groups is 1. The second-order valence-corrected chi connectivity index (χ2v) is 6.11. The molecule has 0 aliphatic carbocycles.